The maximum atomic E-state index is 12.8. The smallest absolute Gasteiger partial charge is 0.237 e. The standard InChI is InChI=1S/C19H30N2O3/c1-20(18-10-6-8-16-7-4-5-9-17(16)18)19(22)15-21(11-13-23-2)12-14-24-3/h4-5,7,9,18H,6,8,10-15H2,1-3H3. The van der Waals surface area contributed by atoms with Crippen molar-refractivity contribution in [1.29, 1.82) is 0 Å². The van der Waals surface area contributed by atoms with E-state index in [-0.39, 0.29) is 11.9 Å². The molecule has 1 atom stereocenters. The Morgan fingerprint density at radius 3 is 2.50 bits per heavy atom. The van der Waals surface area contributed by atoms with Crippen molar-refractivity contribution in [2.24, 2.45) is 0 Å². The van der Waals surface area contributed by atoms with Gasteiger partial charge in [-0.05, 0) is 30.4 Å². The summed E-state index contributed by atoms with van der Waals surface area (Å²) < 4.78 is 10.3. The Bertz CT molecular complexity index is 513. The summed E-state index contributed by atoms with van der Waals surface area (Å²) in [7, 11) is 5.29. The van der Waals surface area contributed by atoms with Crippen molar-refractivity contribution in [3.63, 3.8) is 0 Å². The van der Waals surface area contributed by atoms with Crippen LogP contribution in [-0.4, -0.2) is 69.8 Å². The molecule has 5 nitrogen and oxygen atoms in total. The van der Waals surface area contributed by atoms with Gasteiger partial charge in [-0.1, -0.05) is 24.3 Å². The molecule has 0 aliphatic heterocycles. The summed E-state index contributed by atoms with van der Waals surface area (Å²) in [5, 5.41) is 0. The summed E-state index contributed by atoms with van der Waals surface area (Å²) in [6.45, 7) is 3.11. The Kier molecular flexibility index (Phi) is 7.69. The number of carbonyl (C=O) groups is 1. The molecule has 2 rings (SSSR count). The van der Waals surface area contributed by atoms with Gasteiger partial charge in [0.1, 0.15) is 0 Å². The van der Waals surface area contributed by atoms with Gasteiger partial charge in [-0.25, -0.2) is 0 Å². The van der Waals surface area contributed by atoms with Crippen molar-refractivity contribution in [2.45, 2.75) is 25.3 Å². The highest BCUT2D eigenvalue weighted by Crippen LogP contribution is 2.33. The van der Waals surface area contributed by atoms with Crippen LogP contribution in [0, 0.1) is 0 Å². The van der Waals surface area contributed by atoms with E-state index in [2.05, 4.69) is 29.2 Å². The van der Waals surface area contributed by atoms with E-state index in [1.807, 2.05) is 11.9 Å². The maximum absolute atomic E-state index is 12.8. The molecule has 1 aliphatic rings. The van der Waals surface area contributed by atoms with E-state index in [0.29, 0.717) is 19.8 Å². The van der Waals surface area contributed by atoms with E-state index >= 15 is 0 Å². The first kappa shape index (κ1) is 18.9. The van der Waals surface area contributed by atoms with Gasteiger partial charge in [0.15, 0.2) is 0 Å². The van der Waals surface area contributed by atoms with E-state index in [1.165, 1.54) is 11.1 Å². The van der Waals surface area contributed by atoms with Gasteiger partial charge in [0.05, 0.1) is 25.8 Å². The quantitative estimate of drug-likeness (QED) is 0.694. The number of aryl methyl sites for hydroxylation is 1. The molecule has 0 N–H and O–H groups in total. The molecule has 0 aromatic heterocycles. The normalized spacial score (nSPS) is 16.9. The van der Waals surface area contributed by atoms with Gasteiger partial charge in [0, 0.05) is 34.4 Å². The molecule has 1 unspecified atom stereocenters. The third-order valence-corrected chi connectivity index (χ3v) is 4.78. The molecule has 0 bridgehead atoms. The first-order chi connectivity index (χ1) is 11.7. The second-order valence-electron chi connectivity index (χ2n) is 6.37. The number of amides is 1. The number of methoxy groups -OCH3 is 2. The largest absolute Gasteiger partial charge is 0.383 e. The maximum Gasteiger partial charge on any atom is 0.237 e. The number of ether oxygens (including phenoxy) is 2. The minimum atomic E-state index is 0.156. The van der Waals surface area contributed by atoms with Crippen LogP contribution in [0.3, 0.4) is 0 Å². The van der Waals surface area contributed by atoms with Gasteiger partial charge in [-0.3, -0.25) is 9.69 Å². The van der Waals surface area contributed by atoms with Gasteiger partial charge >= 0.3 is 0 Å². The van der Waals surface area contributed by atoms with E-state index < -0.39 is 0 Å². The van der Waals surface area contributed by atoms with Crippen LogP contribution in [0.15, 0.2) is 24.3 Å². The fourth-order valence-corrected chi connectivity index (χ4v) is 3.32. The predicted octanol–water partition coefficient (Wildman–Crippen LogP) is 2.12. The summed E-state index contributed by atoms with van der Waals surface area (Å²) in [6.07, 6.45) is 3.29. The average Bonchev–Trinajstić information content (AvgIpc) is 2.62. The van der Waals surface area contributed by atoms with E-state index in [0.717, 1.165) is 32.4 Å². The Balaban J connectivity index is 2.00. The number of nitrogens with zero attached hydrogens (tertiary/aromatic N) is 2. The molecule has 1 aromatic carbocycles. The molecule has 5 heteroatoms. The lowest BCUT2D eigenvalue weighted by Crippen LogP contribution is -2.43. The summed E-state index contributed by atoms with van der Waals surface area (Å²) in [5.41, 5.74) is 2.68. The molecule has 0 saturated heterocycles. The Labute approximate surface area is 145 Å². The number of benzene rings is 1. The predicted molar refractivity (Wildman–Crippen MR) is 95.1 cm³/mol. The monoisotopic (exact) mass is 334 g/mol. The zero-order chi connectivity index (χ0) is 17.4. The second kappa shape index (κ2) is 9.77. The van der Waals surface area contributed by atoms with Crippen LogP contribution in [-0.2, 0) is 20.7 Å². The number of likely N-dealkylation sites (N-methyl/N-ethyl adjacent to an activating group) is 1. The Morgan fingerprint density at radius 1 is 1.17 bits per heavy atom. The molecule has 0 saturated carbocycles. The molecule has 0 fully saturated rings. The summed E-state index contributed by atoms with van der Waals surface area (Å²) in [6, 6.07) is 8.69. The van der Waals surface area contributed by atoms with Gasteiger partial charge in [0.25, 0.3) is 0 Å². The molecule has 24 heavy (non-hydrogen) atoms. The highest BCUT2D eigenvalue weighted by Gasteiger charge is 2.27. The van der Waals surface area contributed by atoms with Crippen molar-refractivity contribution < 1.29 is 14.3 Å². The van der Waals surface area contributed by atoms with Crippen molar-refractivity contribution in [3.05, 3.63) is 35.4 Å². The van der Waals surface area contributed by atoms with E-state index in [4.69, 9.17) is 9.47 Å². The first-order valence-corrected chi connectivity index (χ1v) is 8.71. The highest BCUT2D eigenvalue weighted by atomic mass is 16.5. The Hall–Kier alpha value is -1.43. The summed E-state index contributed by atoms with van der Waals surface area (Å²) >= 11 is 0. The van der Waals surface area contributed by atoms with Gasteiger partial charge < -0.3 is 14.4 Å². The fraction of sp³-hybridized carbons (Fsp3) is 0.632. The number of fused-ring (bicyclic) bond motifs is 1. The molecule has 0 spiro atoms. The number of rotatable bonds is 9. The highest BCUT2D eigenvalue weighted by molar-refractivity contribution is 5.78. The van der Waals surface area contributed by atoms with E-state index in [9.17, 15) is 4.79 Å². The van der Waals surface area contributed by atoms with Gasteiger partial charge in [-0.2, -0.15) is 0 Å². The molecular formula is C19H30N2O3. The van der Waals surface area contributed by atoms with Crippen LogP contribution >= 0.6 is 0 Å². The molecule has 134 valence electrons. The van der Waals surface area contributed by atoms with Crippen LogP contribution in [0.1, 0.15) is 30.0 Å². The third-order valence-electron chi connectivity index (χ3n) is 4.78. The molecule has 0 radical (unpaired) electrons. The molecule has 1 amide bonds. The van der Waals surface area contributed by atoms with E-state index in [1.54, 1.807) is 14.2 Å². The molecular weight excluding hydrogens is 304 g/mol. The lowest BCUT2D eigenvalue weighted by atomic mass is 9.87. The number of hydrogen-bond donors (Lipinski definition) is 0. The van der Waals surface area contributed by atoms with Crippen LogP contribution in [0.2, 0.25) is 0 Å². The lowest BCUT2D eigenvalue weighted by molar-refractivity contribution is -0.134. The average molecular weight is 334 g/mol. The number of hydrogen-bond acceptors (Lipinski definition) is 4. The minimum absolute atomic E-state index is 0.156. The third kappa shape index (κ3) is 5.03. The van der Waals surface area contributed by atoms with Crippen LogP contribution < -0.4 is 0 Å². The van der Waals surface area contributed by atoms with Crippen LogP contribution in [0.25, 0.3) is 0 Å². The van der Waals surface area contributed by atoms with Crippen molar-refractivity contribution in [2.75, 3.05) is 54.1 Å². The fourth-order valence-electron chi connectivity index (χ4n) is 3.32. The zero-order valence-electron chi connectivity index (χ0n) is 15.2. The number of carbonyl (C=O) groups excluding carboxylic acids is 1. The second-order valence-corrected chi connectivity index (χ2v) is 6.37. The van der Waals surface area contributed by atoms with Gasteiger partial charge in [0.2, 0.25) is 5.91 Å². The lowest BCUT2D eigenvalue weighted by Gasteiger charge is -2.34. The first-order valence-electron chi connectivity index (χ1n) is 8.71. The SMILES string of the molecule is COCCN(CCOC)CC(=O)N(C)C1CCCc2ccccc21. The summed E-state index contributed by atoms with van der Waals surface area (Å²) in [4.78, 5) is 16.8. The van der Waals surface area contributed by atoms with Crippen LogP contribution in [0.5, 0.6) is 0 Å². The minimum Gasteiger partial charge on any atom is -0.383 e. The van der Waals surface area contributed by atoms with Crippen molar-refractivity contribution in [3.8, 4) is 0 Å². The Morgan fingerprint density at radius 2 is 1.83 bits per heavy atom. The molecule has 1 aromatic rings. The zero-order valence-corrected chi connectivity index (χ0v) is 15.2. The molecule has 0 heterocycles. The van der Waals surface area contributed by atoms with Gasteiger partial charge in [-0.15, -0.1) is 0 Å². The summed E-state index contributed by atoms with van der Waals surface area (Å²) in [5.74, 6) is 0.156. The van der Waals surface area contributed by atoms with Crippen LogP contribution in [0.4, 0.5) is 0 Å². The van der Waals surface area contributed by atoms with Crippen molar-refractivity contribution >= 4 is 5.91 Å². The molecule has 1 aliphatic carbocycles. The van der Waals surface area contributed by atoms with Crippen molar-refractivity contribution in [1.82, 2.24) is 9.80 Å². The topological polar surface area (TPSA) is 42.0 Å².